The summed E-state index contributed by atoms with van der Waals surface area (Å²) in [6.07, 6.45) is 4.80. The van der Waals surface area contributed by atoms with Gasteiger partial charge in [-0.15, -0.1) is 0 Å². The topological polar surface area (TPSA) is 12.5 Å². The first-order chi connectivity index (χ1) is 8.66. The van der Waals surface area contributed by atoms with Crippen molar-refractivity contribution in [2.24, 2.45) is 0 Å². The lowest BCUT2D eigenvalue weighted by Gasteiger charge is -2.32. The van der Waals surface area contributed by atoms with Crippen molar-refractivity contribution in [3.05, 3.63) is 29.6 Å². The lowest BCUT2D eigenvalue weighted by molar-refractivity contribution is 0.151. The van der Waals surface area contributed by atoms with E-state index in [9.17, 15) is 4.39 Å². The molecule has 1 aromatic rings. The maximum Gasteiger partial charge on any atom is 0.165 e. The molecule has 0 aliphatic carbocycles. The predicted octanol–water partition coefficient (Wildman–Crippen LogP) is 3.39. The van der Waals surface area contributed by atoms with Gasteiger partial charge in [0.05, 0.1) is 6.61 Å². The minimum Gasteiger partial charge on any atom is -0.490 e. The molecule has 1 atom stereocenters. The number of ether oxygens (including phenoxy) is 1. The number of hydrogen-bond acceptors (Lipinski definition) is 2. The third-order valence-corrected chi connectivity index (χ3v) is 3.72. The minimum absolute atomic E-state index is 0.266. The molecule has 1 unspecified atom stereocenters. The van der Waals surface area contributed by atoms with Crippen molar-refractivity contribution in [2.45, 2.75) is 38.6 Å². The third kappa shape index (κ3) is 3.45. The highest BCUT2D eigenvalue weighted by molar-refractivity contribution is 5.29. The highest BCUT2D eigenvalue weighted by Crippen LogP contribution is 2.21. The zero-order chi connectivity index (χ0) is 13.0. The van der Waals surface area contributed by atoms with Gasteiger partial charge in [-0.05, 0) is 57.5 Å². The predicted molar refractivity (Wildman–Crippen MR) is 71.5 cm³/mol. The maximum atomic E-state index is 13.5. The Morgan fingerprint density at radius 2 is 2.22 bits per heavy atom. The summed E-state index contributed by atoms with van der Waals surface area (Å²) in [6, 6.07) is 5.58. The summed E-state index contributed by atoms with van der Waals surface area (Å²) < 4.78 is 19.0. The monoisotopic (exact) mass is 251 g/mol. The van der Waals surface area contributed by atoms with Crippen LogP contribution >= 0.6 is 0 Å². The van der Waals surface area contributed by atoms with Gasteiger partial charge in [-0.25, -0.2) is 4.39 Å². The van der Waals surface area contributed by atoms with Crippen LogP contribution in [0.25, 0.3) is 0 Å². The van der Waals surface area contributed by atoms with E-state index in [0.717, 1.165) is 12.0 Å². The Morgan fingerprint density at radius 1 is 1.39 bits per heavy atom. The molecule has 0 N–H and O–H groups in total. The molecule has 3 heteroatoms. The molecule has 18 heavy (non-hydrogen) atoms. The molecule has 1 aliphatic rings. The zero-order valence-electron chi connectivity index (χ0n) is 11.3. The molecular weight excluding hydrogens is 229 g/mol. The number of likely N-dealkylation sites (tertiary alicyclic amines) is 1. The summed E-state index contributed by atoms with van der Waals surface area (Å²) in [5.41, 5.74) is 1.03. The molecule has 0 aromatic heterocycles. The molecule has 0 saturated carbocycles. The highest BCUT2D eigenvalue weighted by atomic mass is 19.1. The van der Waals surface area contributed by atoms with E-state index in [1.165, 1.54) is 31.9 Å². The number of hydrogen-bond donors (Lipinski definition) is 0. The van der Waals surface area contributed by atoms with E-state index in [1.54, 1.807) is 12.1 Å². The summed E-state index contributed by atoms with van der Waals surface area (Å²) in [5.74, 6) is 0.117. The van der Waals surface area contributed by atoms with E-state index in [4.69, 9.17) is 4.74 Å². The average Bonchev–Trinajstić information content (AvgIpc) is 2.36. The standard InChI is InChI=1S/C15H22FNO/c1-12-6-7-14(16)15(11-12)18-10-8-13-5-3-4-9-17(13)2/h6-7,11,13H,3-5,8-10H2,1-2H3. The molecule has 1 aromatic carbocycles. The van der Waals surface area contributed by atoms with Gasteiger partial charge >= 0.3 is 0 Å². The van der Waals surface area contributed by atoms with Gasteiger partial charge < -0.3 is 9.64 Å². The summed E-state index contributed by atoms with van der Waals surface area (Å²) in [7, 11) is 2.16. The van der Waals surface area contributed by atoms with Crippen molar-refractivity contribution in [1.82, 2.24) is 4.90 Å². The lowest BCUT2D eigenvalue weighted by Crippen LogP contribution is -2.37. The van der Waals surface area contributed by atoms with Gasteiger partial charge in [0, 0.05) is 6.04 Å². The van der Waals surface area contributed by atoms with Crippen molar-refractivity contribution in [1.29, 1.82) is 0 Å². The summed E-state index contributed by atoms with van der Waals surface area (Å²) in [4.78, 5) is 2.39. The largest absolute Gasteiger partial charge is 0.490 e. The Bertz CT molecular complexity index is 394. The van der Waals surface area contributed by atoms with E-state index in [2.05, 4.69) is 11.9 Å². The van der Waals surface area contributed by atoms with Gasteiger partial charge in [0.15, 0.2) is 11.6 Å². The number of benzene rings is 1. The SMILES string of the molecule is Cc1ccc(F)c(OCCC2CCCCN2C)c1. The van der Waals surface area contributed by atoms with E-state index in [1.807, 2.05) is 6.92 Å². The zero-order valence-corrected chi connectivity index (χ0v) is 11.3. The summed E-state index contributed by atoms with van der Waals surface area (Å²) in [6.45, 7) is 3.71. The van der Waals surface area contributed by atoms with Gasteiger partial charge in [0.25, 0.3) is 0 Å². The third-order valence-electron chi connectivity index (χ3n) is 3.72. The number of rotatable bonds is 4. The molecule has 1 heterocycles. The van der Waals surface area contributed by atoms with Crippen molar-refractivity contribution in [3.63, 3.8) is 0 Å². The number of aryl methyl sites for hydroxylation is 1. The fourth-order valence-electron chi connectivity index (χ4n) is 2.53. The molecule has 2 rings (SSSR count). The Balaban J connectivity index is 1.82. The van der Waals surface area contributed by atoms with Gasteiger partial charge in [0.1, 0.15) is 0 Å². The van der Waals surface area contributed by atoms with E-state index >= 15 is 0 Å². The molecule has 0 amide bonds. The van der Waals surface area contributed by atoms with Crippen LogP contribution in [0.2, 0.25) is 0 Å². The minimum atomic E-state index is -0.266. The number of piperidine rings is 1. The van der Waals surface area contributed by atoms with Crippen molar-refractivity contribution < 1.29 is 9.13 Å². The van der Waals surface area contributed by atoms with E-state index < -0.39 is 0 Å². The Hall–Kier alpha value is -1.09. The van der Waals surface area contributed by atoms with Gasteiger partial charge in [-0.3, -0.25) is 0 Å². The number of halogens is 1. The maximum absolute atomic E-state index is 13.5. The summed E-state index contributed by atoms with van der Waals surface area (Å²) >= 11 is 0. The smallest absolute Gasteiger partial charge is 0.165 e. The Morgan fingerprint density at radius 3 is 3.00 bits per heavy atom. The first-order valence-electron chi connectivity index (χ1n) is 6.76. The van der Waals surface area contributed by atoms with Crippen LogP contribution in [0.1, 0.15) is 31.2 Å². The van der Waals surface area contributed by atoms with Crippen LogP contribution in [0.3, 0.4) is 0 Å². The van der Waals surface area contributed by atoms with Crippen molar-refractivity contribution in [2.75, 3.05) is 20.2 Å². The molecule has 0 radical (unpaired) electrons. The first-order valence-corrected chi connectivity index (χ1v) is 6.76. The van der Waals surface area contributed by atoms with Crippen LogP contribution in [0.5, 0.6) is 5.75 Å². The fourth-order valence-corrected chi connectivity index (χ4v) is 2.53. The molecule has 1 saturated heterocycles. The Labute approximate surface area is 109 Å². The molecule has 0 spiro atoms. The summed E-state index contributed by atoms with van der Waals surface area (Å²) in [5, 5.41) is 0. The number of nitrogens with zero attached hydrogens (tertiary/aromatic N) is 1. The molecular formula is C15H22FNO. The quantitative estimate of drug-likeness (QED) is 0.813. The second kappa shape index (κ2) is 6.19. The van der Waals surface area contributed by atoms with Crippen LogP contribution in [-0.2, 0) is 0 Å². The van der Waals surface area contributed by atoms with Crippen molar-refractivity contribution >= 4 is 0 Å². The van der Waals surface area contributed by atoms with E-state index in [0.29, 0.717) is 18.4 Å². The van der Waals surface area contributed by atoms with Crippen LogP contribution in [0, 0.1) is 12.7 Å². The first kappa shape index (κ1) is 13.3. The normalized spacial score (nSPS) is 20.9. The molecule has 100 valence electrons. The van der Waals surface area contributed by atoms with Crippen LogP contribution in [-0.4, -0.2) is 31.1 Å². The van der Waals surface area contributed by atoms with Crippen LogP contribution < -0.4 is 4.74 Å². The molecule has 2 nitrogen and oxygen atoms in total. The van der Waals surface area contributed by atoms with Crippen molar-refractivity contribution in [3.8, 4) is 5.75 Å². The van der Waals surface area contributed by atoms with Crippen LogP contribution in [0.15, 0.2) is 18.2 Å². The second-order valence-corrected chi connectivity index (χ2v) is 5.20. The second-order valence-electron chi connectivity index (χ2n) is 5.20. The van der Waals surface area contributed by atoms with Gasteiger partial charge in [-0.1, -0.05) is 12.5 Å². The average molecular weight is 251 g/mol. The van der Waals surface area contributed by atoms with Gasteiger partial charge in [-0.2, -0.15) is 0 Å². The van der Waals surface area contributed by atoms with E-state index in [-0.39, 0.29) is 5.82 Å². The molecule has 1 aliphatic heterocycles. The lowest BCUT2D eigenvalue weighted by atomic mass is 10.0. The molecule has 1 fully saturated rings. The Kier molecular flexibility index (Phi) is 4.59. The molecule has 0 bridgehead atoms. The van der Waals surface area contributed by atoms with Crippen LogP contribution in [0.4, 0.5) is 4.39 Å². The fraction of sp³-hybridized carbons (Fsp3) is 0.600. The highest BCUT2D eigenvalue weighted by Gasteiger charge is 2.18. The van der Waals surface area contributed by atoms with Gasteiger partial charge in [0.2, 0.25) is 0 Å².